The summed E-state index contributed by atoms with van der Waals surface area (Å²) < 4.78 is 0. The summed E-state index contributed by atoms with van der Waals surface area (Å²) in [5, 5.41) is 20.8. The average molecular weight is 512 g/mol. The van der Waals surface area contributed by atoms with Crippen molar-refractivity contribution < 1.29 is 16.4 Å². The number of carbonyl (C=O) groups excluding carboxylic acids is 1. The van der Waals surface area contributed by atoms with E-state index in [0.29, 0.717) is 37.1 Å². The molecular formula is C31H49N3O3. The summed E-state index contributed by atoms with van der Waals surface area (Å²) >= 11 is 0. The quantitative estimate of drug-likeness (QED) is 0.485. The molecule has 5 rings (SSSR count). The lowest BCUT2D eigenvalue weighted by Crippen LogP contribution is -2.25. The Morgan fingerprint density at radius 1 is 0.838 bits per heavy atom. The monoisotopic (exact) mass is 511 g/mol. The Bertz CT molecular complexity index is 882. The molecule has 206 valence electrons. The molecule has 0 aromatic heterocycles. The molecule has 6 heteroatoms. The first-order valence-electron chi connectivity index (χ1n) is 14.0. The largest absolute Gasteiger partial charge is 0.396 e. The van der Waals surface area contributed by atoms with E-state index >= 15 is 0 Å². The van der Waals surface area contributed by atoms with Gasteiger partial charge >= 0.3 is 0 Å². The van der Waals surface area contributed by atoms with Gasteiger partial charge in [0.05, 0.1) is 0 Å². The van der Waals surface area contributed by atoms with Gasteiger partial charge in [-0.05, 0) is 75.7 Å². The second kappa shape index (κ2) is 16.0. The van der Waals surface area contributed by atoms with E-state index in [1.165, 1.54) is 11.1 Å². The van der Waals surface area contributed by atoms with Crippen molar-refractivity contribution in [3.8, 4) is 0 Å². The van der Waals surface area contributed by atoms with Crippen molar-refractivity contribution in [3.63, 3.8) is 0 Å². The molecule has 3 aliphatic heterocycles. The number of hydrogen-bond donors (Lipinski definition) is 3. The van der Waals surface area contributed by atoms with Gasteiger partial charge in [-0.2, -0.15) is 0 Å². The Morgan fingerprint density at radius 3 is 1.78 bits per heavy atom. The average Bonchev–Trinajstić information content (AvgIpc) is 3.76. The van der Waals surface area contributed by atoms with Gasteiger partial charge in [0, 0.05) is 52.3 Å². The molecular weight excluding hydrogens is 462 g/mol. The fraction of sp³-hybridized carbons (Fsp3) is 0.581. The minimum Gasteiger partial charge on any atom is -0.396 e. The summed E-state index contributed by atoms with van der Waals surface area (Å²) in [6.45, 7) is 11.3. The molecule has 0 amide bonds. The lowest BCUT2D eigenvalue weighted by atomic mass is 10.1. The lowest BCUT2D eigenvalue weighted by Gasteiger charge is -2.24. The van der Waals surface area contributed by atoms with E-state index in [1.807, 2.05) is 6.07 Å². The van der Waals surface area contributed by atoms with Crippen molar-refractivity contribution in [2.24, 2.45) is 17.8 Å². The van der Waals surface area contributed by atoms with Gasteiger partial charge in [-0.15, -0.1) is 0 Å². The van der Waals surface area contributed by atoms with Crippen LogP contribution in [0.15, 0.2) is 60.7 Å². The van der Waals surface area contributed by atoms with Crippen LogP contribution in [0.1, 0.15) is 57.7 Å². The summed E-state index contributed by atoms with van der Waals surface area (Å²) in [7, 11) is 0. The van der Waals surface area contributed by atoms with Gasteiger partial charge in [0.15, 0.2) is 0 Å². The van der Waals surface area contributed by atoms with Crippen LogP contribution in [-0.4, -0.2) is 78.8 Å². The highest BCUT2D eigenvalue weighted by molar-refractivity contribution is 5.54. The minimum absolute atomic E-state index is 0. The third kappa shape index (κ3) is 9.31. The number of hydrogen-bond acceptors (Lipinski definition) is 6. The summed E-state index contributed by atoms with van der Waals surface area (Å²) in [4.78, 5) is 15.5. The summed E-state index contributed by atoms with van der Waals surface area (Å²) in [5.74, 6) is 1.27. The van der Waals surface area contributed by atoms with Crippen LogP contribution in [0.2, 0.25) is 0 Å². The zero-order chi connectivity index (χ0) is 26.5. The molecule has 3 heterocycles. The van der Waals surface area contributed by atoms with Crippen molar-refractivity contribution in [1.29, 1.82) is 0 Å². The van der Waals surface area contributed by atoms with Crippen LogP contribution in [0.4, 0.5) is 0 Å². The maximum atomic E-state index is 10.7. The summed E-state index contributed by atoms with van der Waals surface area (Å²) in [6, 6.07) is 22.0. The molecule has 0 saturated carbocycles. The second-order valence-electron chi connectivity index (χ2n) is 10.7. The molecule has 5 atom stereocenters. The van der Waals surface area contributed by atoms with Crippen LogP contribution in [0.25, 0.3) is 0 Å². The maximum absolute atomic E-state index is 10.7. The van der Waals surface area contributed by atoms with E-state index in [4.69, 9.17) is 10.2 Å². The topological polar surface area (TPSA) is 76.0 Å². The van der Waals surface area contributed by atoms with Gasteiger partial charge in [-0.1, -0.05) is 60.7 Å². The number of nitrogens with one attached hydrogen (secondary N) is 1. The predicted octanol–water partition coefficient (Wildman–Crippen LogP) is 4.16. The number of benzene rings is 2. The Balaban J connectivity index is 0.000000210. The van der Waals surface area contributed by atoms with E-state index in [1.54, 1.807) is 0 Å². The highest BCUT2D eigenvalue weighted by Gasteiger charge is 2.27. The zero-order valence-electron chi connectivity index (χ0n) is 22.7. The number of aldehydes is 1. The molecule has 37 heavy (non-hydrogen) atoms. The molecule has 3 saturated heterocycles. The smallest absolute Gasteiger partial charge is 0.124 e. The molecule has 0 radical (unpaired) electrons. The summed E-state index contributed by atoms with van der Waals surface area (Å²) in [5.41, 5.74) is 2.71. The third-order valence-electron chi connectivity index (χ3n) is 8.10. The van der Waals surface area contributed by atoms with Crippen LogP contribution >= 0.6 is 0 Å². The van der Waals surface area contributed by atoms with Gasteiger partial charge in [0.25, 0.3) is 0 Å². The Kier molecular flexibility index (Phi) is 12.7. The molecule has 3 aliphatic rings. The fourth-order valence-electron chi connectivity index (χ4n) is 5.40. The molecule has 0 spiro atoms. The zero-order valence-corrected chi connectivity index (χ0v) is 22.7. The molecule has 3 fully saturated rings. The SMILES string of the molecule is C[C@@H](c1ccccc1)N1CCC(C=O)C1.C[C@@H](c1ccccc1)N1CC[C@@H](CO)C1.OC[C@@H]1CCNC1.[HH]. The number of aliphatic hydroxyl groups is 2. The first-order valence-corrected chi connectivity index (χ1v) is 14.0. The van der Waals surface area contributed by atoms with Gasteiger partial charge < -0.3 is 20.3 Å². The van der Waals surface area contributed by atoms with Crippen LogP contribution in [0.5, 0.6) is 0 Å². The normalized spacial score (nSPS) is 25.5. The van der Waals surface area contributed by atoms with Crippen LogP contribution < -0.4 is 5.32 Å². The predicted molar refractivity (Wildman–Crippen MR) is 152 cm³/mol. The van der Waals surface area contributed by atoms with Crippen LogP contribution in [0, 0.1) is 17.8 Å². The molecule has 0 aliphatic carbocycles. The summed E-state index contributed by atoms with van der Waals surface area (Å²) in [6.07, 6.45) is 4.39. The van der Waals surface area contributed by atoms with E-state index in [0.717, 1.165) is 64.8 Å². The van der Waals surface area contributed by atoms with E-state index in [9.17, 15) is 4.79 Å². The van der Waals surface area contributed by atoms with Gasteiger partial charge in [-0.3, -0.25) is 9.80 Å². The molecule has 1 unspecified atom stereocenters. The lowest BCUT2D eigenvalue weighted by molar-refractivity contribution is -0.110. The van der Waals surface area contributed by atoms with Crippen molar-refractivity contribution in [2.45, 2.75) is 45.2 Å². The van der Waals surface area contributed by atoms with Crippen molar-refractivity contribution in [1.82, 2.24) is 15.1 Å². The van der Waals surface area contributed by atoms with Gasteiger partial charge in [0.2, 0.25) is 0 Å². The Labute approximate surface area is 225 Å². The van der Waals surface area contributed by atoms with E-state index in [-0.39, 0.29) is 7.34 Å². The second-order valence-corrected chi connectivity index (χ2v) is 10.7. The van der Waals surface area contributed by atoms with Gasteiger partial charge in [-0.25, -0.2) is 0 Å². The number of rotatable bonds is 7. The molecule has 0 bridgehead atoms. The highest BCUT2D eigenvalue weighted by Crippen LogP contribution is 2.27. The minimum atomic E-state index is 0. The standard InChI is InChI=1S/C13H19NO.C13H17NO.C5H11NO.H2/c2*1-11(13-5-3-2-4-6-13)14-8-7-12(9-14)10-15;7-4-5-1-2-6-3-5;/h2-6,11-12,15H,7-10H2,1H3;2-6,10-12H,7-9H2,1H3;5-7H,1-4H2;1H/t11-,12+;11-,12?;5-;/m001./s1. The maximum Gasteiger partial charge on any atom is 0.124 e. The number of carbonyl (C=O) groups is 1. The molecule has 2 aromatic carbocycles. The first kappa shape index (κ1) is 29.5. The number of nitrogens with zero attached hydrogens (tertiary/aromatic N) is 2. The third-order valence-corrected chi connectivity index (χ3v) is 8.10. The van der Waals surface area contributed by atoms with E-state index in [2.05, 4.69) is 83.6 Å². The Hall–Kier alpha value is -2.09. The highest BCUT2D eigenvalue weighted by atomic mass is 16.3. The molecule has 6 nitrogen and oxygen atoms in total. The molecule has 2 aromatic rings. The number of likely N-dealkylation sites (tertiary alicyclic amines) is 2. The van der Waals surface area contributed by atoms with Crippen molar-refractivity contribution in [2.75, 3.05) is 52.5 Å². The van der Waals surface area contributed by atoms with Gasteiger partial charge in [0.1, 0.15) is 6.29 Å². The van der Waals surface area contributed by atoms with E-state index < -0.39 is 0 Å². The fourth-order valence-corrected chi connectivity index (χ4v) is 5.40. The van der Waals surface area contributed by atoms with Crippen molar-refractivity contribution >= 4 is 6.29 Å². The Morgan fingerprint density at radius 2 is 1.38 bits per heavy atom. The van der Waals surface area contributed by atoms with Crippen LogP contribution in [0.3, 0.4) is 0 Å². The van der Waals surface area contributed by atoms with Crippen LogP contribution in [-0.2, 0) is 4.79 Å². The number of aliphatic hydroxyl groups excluding tert-OH is 2. The first-order chi connectivity index (χ1) is 18.0. The molecule has 3 N–H and O–H groups in total. The van der Waals surface area contributed by atoms with Crippen molar-refractivity contribution in [3.05, 3.63) is 71.8 Å².